The van der Waals surface area contributed by atoms with E-state index in [9.17, 15) is 4.79 Å². The lowest BCUT2D eigenvalue weighted by molar-refractivity contribution is -0.125. The Morgan fingerprint density at radius 2 is 2.10 bits per heavy atom. The maximum absolute atomic E-state index is 12.0. The molecule has 2 rings (SSSR count). The van der Waals surface area contributed by atoms with Gasteiger partial charge in [0.2, 0.25) is 5.91 Å². The molecule has 0 aliphatic heterocycles. The minimum absolute atomic E-state index is 0.183. The Labute approximate surface area is 126 Å². The Balaban J connectivity index is 2.05. The molecule has 20 heavy (non-hydrogen) atoms. The summed E-state index contributed by atoms with van der Waals surface area (Å²) >= 11 is 12.0. The SMILES string of the molecule is CN(Cc1ncn[nH]1)C(=O)C=Cc1c(Cl)cccc1Cl. The summed E-state index contributed by atoms with van der Waals surface area (Å²) in [6.07, 6.45) is 4.42. The van der Waals surface area contributed by atoms with E-state index in [2.05, 4.69) is 15.2 Å². The van der Waals surface area contributed by atoms with Crippen LogP contribution in [0.2, 0.25) is 10.0 Å². The van der Waals surface area contributed by atoms with Crippen LogP contribution in [0.15, 0.2) is 30.6 Å². The van der Waals surface area contributed by atoms with Crippen molar-refractivity contribution < 1.29 is 4.79 Å². The second-order valence-electron chi connectivity index (χ2n) is 4.10. The van der Waals surface area contributed by atoms with E-state index < -0.39 is 0 Å². The van der Waals surface area contributed by atoms with E-state index in [1.54, 1.807) is 31.3 Å². The summed E-state index contributed by atoms with van der Waals surface area (Å²) < 4.78 is 0. The van der Waals surface area contributed by atoms with Gasteiger partial charge < -0.3 is 4.90 Å². The third kappa shape index (κ3) is 3.59. The Morgan fingerprint density at radius 1 is 1.40 bits per heavy atom. The van der Waals surface area contributed by atoms with Crippen molar-refractivity contribution in [1.29, 1.82) is 0 Å². The summed E-state index contributed by atoms with van der Waals surface area (Å²) in [4.78, 5) is 17.4. The number of benzene rings is 1. The van der Waals surface area contributed by atoms with Crippen LogP contribution < -0.4 is 0 Å². The third-order valence-electron chi connectivity index (χ3n) is 2.62. The van der Waals surface area contributed by atoms with E-state index in [0.29, 0.717) is 28.0 Å². The number of halogens is 2. The molecular weight excluding hydrogens is 299 g/mol. The lowest BCUT2D eigenvalue weighted by Gasteiger charge is -2.12. The van der Waals surface area contributed by atoms with Gasteiger partial charge in [-0.2, -0.15) is 5.10 Å². The lowest BCUT2D eigenvalue weighted by atomic mass is 10.2. The molecule has 0 spiro atoms. The molecule has 1 N–H and O–H groups in total. The van der Waals surface area contributed by atoms with E-state index in [1.807, 2.05) is 0 Å². The van der Waals surface area contributed by atoms with Crippen LogP contribution in [-0.4, -0.2) is 33.0 Å². The predicted molar refractivity (Wildman–Crippen MR) is 78.4 cm³/mol. The molecule has 0 saturated heterocycles. The van der Waals surface area contributed by atoms with E-state index in [-0.39, 0.29) is 5.91 Å². The van der Waals surface area contributed by atoms with Crippen LogP contribution in [-0.2, 0) is 11.3 Å². The van der Waals surface area contributed by atoms with Crippen LogP contribution in [0.4, 0.5) is 0 Å². The van der Waals surface area contributed by atoms with Gasteiger partial charge in [-0.25, -0.2) is 4.98 Å². The number of rotatable bonds is 4. The highest BCUT2D eigenvalue weighted by atomic mass is 35.5. The zero-order chi connectivity index (χ0) is 14.5. The first-order chi connectivity index (χ1) is 9.58. The van der Waals surface area contributed by atoms with Crippen molar-refractivity contribution in [2.24, 2.45) is 0 Å². The van der Waals surface area contributed by atoms with Gasteiger partial charge in [-0.1, -0.05) is 29.3 Å². The normalized spacial score (nSPS) is 10.9. The van der Waals surface area contributed by atoms with Gasteiger partial charge in [0.15, 0.2) is 0 Å². The minimum Gasteiger partial charge on any atom is -0.335 e. The maximum Gasteiger partial charge on any atom is 0.246 e. The summed E-state index contributed by atoms with van der Waals surface area (Å²) in [6.45, 7) is 0.347. The summed E-state index contributed by atoms with van der Waals surface area (Å²) in [7, 11) is 1.67. The zero-order valence-corrected chi connectivity index (χ0v) is 12.2. The molecule has 7 heteroatoms. The number of amides is 1. The molecule has 0 unspecified atom stereocenters. The molecular formula is C13H12Cl2N4O. The second-order valence-corrected chi connectivity index (χ2v) is 4.91. The van der Waals surface area contributed by atoms with E-state index in [4.69, 9.17) is 23.2 Å². The quantitative estimate of drug-likeness (QED) is 0.883. The highest BCUT2D eigenvalue weighted by Gasteiger charge is 2.08. The van der Waals surface area contributed by atoms with Gasteiger partial charge in [0, 0.05) is 28.7 Å². The standard InChI is InChI=1S/C13H12Cl2N4O/c1-19(7-12-16-8-17-18-12)13(20)6-5-9-10(14)3-2-4-11(9)15/h2-6,8H,7H2,1H3,(H,16,17,18). The molecule has 0 radical (unpaired) electrons. The fraction of sp³-hybridized carbons (Fsp3) is 0.154. The first-order valence-corrected chi connectivity index (χ1v) is 6.55. The van der Waals surface area contributed by atoms with Crippen molar-refractivity contribution in [3.05, 3.63) is 52.0 Å². The Kier molecular flexibility index (Phi) is 4.76. The molecule has 1 aromatic carbocycles. The van der Waals surface area contributed by atoms with Gasteiger partial charge in [0.25, 0.3) is 0 Å². The summed E-state index contributed by atoms with van der Waals surface area (Å²) in [5.74, 6) is 0.433. The average molecular weight is 311 g/mol. The summed E-state index contributed by atoms with van der Waals surface area (Å²) in [6, 6.07) is 5.19. The number of carbonyl (C=O) groups is 1. The van der Waals surface area contributed by atoms with Crippen LogP contribution in [0.25, 0.3) is 6.08 Å². The van der Waals surface area contributed by atoms with Crippen molar-refractivity contribution in [2.45, 2.75) is 6.54 Å². The number of aromatic nitrogens is 3. The first kappa shape index (κ1) is 14.6. The van der Waals surface area contributed by atoms with Crippen molar-refractivity contribution in [3.8, 4) is 0 Å². The largest absolute Gasteiger partial charge is 0.335 e. The predicted octanol–water partition coefficient (Wildman–Crippen LogP) is 2.78. The van der Waals surface area contributed by atoms with E-state index in [0.717, 1.165) is 0 Å². The van der Waals surface area contributed by atoms with Crippen LogP contribution in [0, 0.1) is 0 Å². The fourth-order valence-corrected chi connectivity index (χ4v) is 2.08. The van der Waals surface area contributed by atoms with Gasteiger partial charge >= 0.3 is 0 Å². The molecule has 5 nitrogen and oxygen atoms in total. The molecule has 0 atom stereocenters. The van der Waals surface area contributed by atoms with Gasteiger partial charge in [0.05, 0.1) is 6.54 Å². The molecule has 104 valence electrons. The average Bonchev–Trinajstić information content (AvgIpc) is 2.90. The maximum atomic E-state index is 12.0. The van der Waals surface area contributed by atoms with Crippen molar-refractivity contribution in [2.75, 3.05) is 7.05 Å². The highest BCUT2D eigenvalue weighted by molar-refractivity contribution is 6.37. The molecule has 1 heterocycles. The summed E-state index contributed by atoms with van der Waals surface area (Å²) in [5.41, 5.74) is 0.622. The fourth-order valence-electron chi connectivity index (χ4n) is 1.56. The number of nitrogens with zero attached hydrogens (tertiary/aromatic N) is 3. The van der Waals surface area contributed by atoms with E-state index >= 15 is 0 Å². The van der Waals surface area contributed by atoms with Gasteiger partial charge in [0.1, 0.15) is 12.2 Å². The molecule has 2 aromatic rings. The number of likely N-dealkylation sites (N-methyl/N-ethyl adjacent to an activating group) is 1. The van der Waals surface area contributed by atoms with Crippen molar-refractivity contribution in [3.63, 3.8) is 0 Å². The molecule has 0 aliphatic rings. The van der Waals surface area contributed by atoms with Gasteiger partial charge in [-0.15, -0.1) is 0 Å². The van der Waals surface area contributed by atoms with E-state index in [1.165, 1.54) is 17.3 Å². The number of hydrogen-bond donors (Lipinski definition) is 1. The highest BCUT2D eigenvalue weighted by Crippen LogP contribution is 2.25. The minimum atomic E-state index is -0.183. The summed E-state index contributed by atoms with van der Waals surface area (Å²) in [5, 5.41) is 7.42. The molecule has 0 bridgehead atoms. The number of aromatic amines is 1. The first-order valence-electron chi connectivity index (χ1n) is 5.79. The number of nitrogens with one attached hydrogen (secondary N) is 1. The molecule has 0 fully saturated rings. The van der Waals surface area contributed by atoms with Crippen LogP contribution in [0.5, 0.6) is 0 Å². The Morgan fingerprint density at radius 3 is 2.70 bits per heavy atom. The van der Waals surface area contributed by atoms with Crippen molar-refractivity contribution >= 4 is 35.2 Å². The van der Waals surface area contributed by atoms with Crippen LogP contribution in [0.1, 0.15) is 11.4 Å². The van der Waals surface area contributed by atoms with Crippen LogP contribution >= 0.6 is 23.2 Å². The third-order valence-corrected chi connectivity index (χ3v) is 3.28. The Hall–Kier alpha value is -1.85. The molecule has 1 aromatic heterocycles. The molecule has 1 amide bonds. The topological polar surface area (TPSA) is 61.9 Å². The number of hydrogen-bond acceptors (Lipinski definition) is 3. The molecule has 0 aliphatic carbocycles. The van der Waals surface area contributed by atoms with Gasteiger partial charge in [-0.05, 0) is 18.2 Å². The number of H-pyrrole nitrogens is 1. The van der Waals surface area contributed by atoms with Gasteiger partial charge in [-0.3, -0.25) is 9.89 Å². The smallest absolute Gasteiger partial charge is 0.246 e. The van der Waals surface area contributed by atoms with Crippen molar-refractivity contribution in [1.82, 2.24) is 20.1 Å². The zero-order valence-electron chi connectivity index (χ0n) is 10.7. The molecule has 0 saturated carbocycles. The lowest BCUT2D eigenvalue weighted by Crippen LogP contribution is -2.24. The second kappa shape index (κ2) is 6.54. The Bertz CT molecular complexity index is 605. The monoisotopic (exact) mass is 310 g/mol. The van der Waals surface area contributed by atoms with Crippen LogP contribution in [0.3, 0.4) is 0 Å². The number of carbonyl (C=O) groups excluding carboxylic acids is 1.